The number of cyclic esters (lactones) is 1. The summed E-state index contributed by atoms with van der Waals surface area (Å²) in [6, 6.07) is 10.0. The zero-order chi connectivity index (χ0) is 18.3. The second-order valence-electron chi connectivity index (χ2n) is 6.40. The van der Waals surface area contributed by atoms with E-state index in [1.807, 2.05) is 6.92 Å². The Hall–Kier alpha value is -2.22. The summed E-state index contributed by atoms with van der Waals surface area (Å²) in [5, 5.41) is 0. The number of hydrogen-bond donors (Lipinski definition) is 0. The molecule has 2 aromatic rings. The standard InChI is InChI=1S/C19H18O6S/c1-12-2-4-13(5-3-12)26(21,22)25-11-18-15-6-7-16-17(10-24-19(16)20)14(15)8-9-23-18/h2-7,18H,8-11H2,1H3/t18-/m1/s1. The maximum absolute atomic E-state index is 12.4. The van der Waals surface area contributed by atoms with Gasteiger partial charge in [0.15, 0.2) is 0 Å². The number of benzene rings is 2. The van der Waals surface area contributed by atoms with Gasteiger partial charge < -0.3 is 9.47 Å². The molecule has 1 atom stereocenters. The Morgan fingerprint density at radius 2 is 1.88 bits per heavy atom. The molecular weight excluding hydrogens is 356 g/mol. The van der Waals surface area contributed by atoms with Gasteiger partial charge in [-0.3, -0.25) is 4.18 Å². The molecule has 0 saturated heterocycles. The second-order valence-corrected chi connectivity index (χ2v) is 8.01. The van der Waals surface area contributed by atoms with Crippen LogP contribution in [0.3, 0.4) is 0 Å². The summed E-state index contributed by atoms with van der Waals surface area (Å²) in [6.07, 6.45) is 0.163. The maximum Gasteiger partial charge on any atom is 0.338 e. The Kier molecular flexibility index (Phi) is 4.30. The van der Waals surface area contributed by atoms with Gasteiger partial charge in [-0.05, 0) is 42.7 Å². The van der Waals surface area contributed by atoms with E-state index in [2.05, 4.69) is 0 Å². The lowest BCUT2D eigenvalue weighted by Gasteiger charge is -2.27. The van der Waals surface area contributed by atoms with Crippen LogP contribution in [0.25, 0.3) is 0 Å². The summed E-state index contributed by atoms with van der Waals surface area (Å²) in [5.74, 6) is -0.316. The molecular formula is C19H18O6S. The number of ether oxygens (including phenoxy) is 2. The van der Waals surface area contributed by atoms with Crippen LogP contribution in [0.1, 0.15) is 38.7 Å². The predicted molar refractivity (Wildman–Crippen MR) is 92.3 cm³/mol. The minimum atomic E-state index is -3.86. The van der Waals surface area contributed by atoms with Crippen molar-refractivity contribution in [1.82, 2.24) is 0 Å². The highest BCUT2D eigenvalue weighted by Gasteiger charge is 2.31. The molecule has 2 aromatic carbocycles. The average Bonchev–Trinajstić information content (AvgIpc) is 3.02. The molecule has 0 bridgehead atoms. The predicted octanol–water partition coefficient (Wildman–Crippen LogP) is 2.68. The van der Waals surface area contributed by atoms with Gasteiger partial charge in [0.2, 0.25) is 0 Å². The highest BCUT2D eigenvalue weighted by molar-refractivity contribution is 7.86. The van der Waals surface area contributed by atoms with Gasteiger partial charge in [-0.1, -0.05) is 23.8 Å². The van der Waals surface area contributed by atoms with E-state index in [1.54, 1.807) is 24.3 Å². The van der Waals surface area contributed by atoms with Crippen molar-refractivity contribution in [2.45, 2.75) is 31.0 Å². The van der Waals surface area contributed by atoms with Crippen LogP contribution in [0.4, 0.5) is 0 Å². The van der Waals surface area contributed by atoms with Crippen molar-refractivity contribution in [2.75, 3.05) is 13.2 Å². The van der Waals surface area contributed by atoms with Crippen molar-refractivity contribution < 1.29 is 26.9 Å². The lowest BCUT2D eigenvalue weighted by atomic mass is 9.91. The molecule has 0 saturated carbocycles. The van der Waals surface area contributed by atoms with E-state index >= 15 is 0 Å². The molecule has 0 spiro atoms. The molecule has 0 aromatic heterocycles. The zero-order valence-electron chi connectivity index (χ0n) is 14.2. The minimum absolute atomic E-state index is 0.114. The van der Waals surface area contributed by atoms with Crippen LogP contribution in [0.15, 0.2) is 41.3 Å². The van der Waals surface area contributed by atoms with Gasteiger partial charge in [0.25, 0.3) is 10.1 Å². The third kappa shape index (κ3) is 3.02. The molecule has 2 heterocycles. The molecule has 26 heavy (non-hydrogen) atoms. The third-order valence-corrected chi connectivity index (χ3v) is 6.03. The molecule has 0 N–H and O–H groups in total. The smallest absolute Gasteiger partial charge is 0.338 e. The highest BCUT2D eigenvalue weighted by atomic mass is 32.2. The van der Waals surface area contributed by atoms with Gasteiger partial charge in [0.05, 0.1) is 23.7 Å². The van der Waals surface area contributed by atoms with Crippen LogP contribution in [-0.4, -0.2) is 27.6 Å². The number of carbonyl (C=O) groups is 1. The van der Waals surface area contributed by atoms with Crippen LogP contribution in [0, 0.1) is 6.92 Å². The molecule has 2 aliphatic heterocycles. The van der Waals surface area contributed by atoms with Crippen molar-refractivity contribution in [3.05, 3.63) is 64.2 Å². The first-order chi connectivity index (χ1) is 12.5. The summed E-state index contributed by atoms with van der Waals surface area (Å²) < 4.78 is 40.8. The molecule has 0 unspecified atom stereocenters. The normalized spacial score (nSPS) is 19.0. The summed E-state index contributed by atoms with van der Waals surface area (Å²) in [6.45, 7) is 2.47. The largest absolute Gasteiger partial charge is 0.457 e. The zero-order valence-corrected chi connectivity index (χ0v) is 15.0. The quantitative estimate of drug-likeness (QED) is 0.605. The van der Waals surface area contributed by atoms with E-state index < -0.39 is 16.2 Å². The second kappa shape index (κ2) is 6.50. The molecule has 0 radical (unpaired) electrons. The fourth-order valence-corrected chi connectivity index (χ4v) is 4.24. The van der Waals surface area contributed by atoms with E-state index in [0.717, 1.165) is 22.3 Å². The van der Waals surface area contributed by atoms with E-state index in [1.165, 1.54) is 12.1 Å². The summed E-state index contributed by atoms with van der Waals surface area (Å²) in [4.78, 5) is 11.8. The number of esters is 1. The molecule has 0 fully saturated rings. The van der Waals surface area contributed by atoms with Gasteiger partial charge in [-0.2, -0.15) is 8.42 Å². The first-order valence-corrected chi connectivity index (χ1v) is 9.76. The lowest BCUT2D eigenvalue weighted by molar-refractivity contribution is 0.0114. The third-order valence-electron chi connectivity index (χ3n) is 4.74. The van der Waals surface area contributed by atoms with Gasteiger partial charge in [0.1, 0.15) is 12.7 Å². The SMILES string of the molecule is Cc1ccc(S(=O)(=O)OC[C@H]2OCCc3c2ccc2c3COC2=O)cc1. The number of rotatable bonds is 4. The Balaban J connectivity index is 1.56. The Morgan fingerprint density at radius 3 is 2.65 bits per heavy atom. The monoisotopic (exact) mass is 374 g/mol. The number of carbonyl (C=O) groups excluding carboxylic acids is 1. The molecule has 136 valence electrons. The van der Waals surface area contributed by atoms with Crippen LogP contribution in [0.5, 0.6) is 0 Å². The Morgan fingerprint density at radius 1 is 1.12 bits per heavy atom. The lowest BCUT2D eigenvalue weighted by Crippen LogP contribution is -2.23. The number of aryl methyl sites for hydroxylation is 1. The molecule has 0 amide bonds. The number of fused-ring (bicyclic) bond motifs is 3. The maximum atomic E-state index is 12.4. The van der Waals surface area contributed by atoms with E-state index in [4.69, 9.17) is 13.7 Å². The average molecular weight is 374 g/mol. The van der Waals surface area contributed by atoms with E-state index in [0.29, 0.717) is 18.6 Å². The van der Waals surface area contributed by atoms with Crippen LogP contribution in [0.2, 0.25) is 0 Å². The van der Waals surface area contributed by atoms with E-state index in [9.17, 15) is 13.2 Å². The molecule has 0 aliphatic carbocycles. The molecule has 2 aliphatic rings. The highest BCUT2D eigenvalue weighted by Crippen LogP contribution is 2.35. The molecule has 7 heteroatoms. The summed E-state index contributed by atoms with van der Waals surface area (Å²) in [7, 11) is -3.86. The Labute approximate surface area is 151 Å². The van der Waals surface area contributed by atoms with Gasteiger partial charge in [0, 0.05) is 5.56 Å². The summed E-state index contributed by atoms with van der Waals surface area (Å²) in [5.41, 5.74) is 4.28. The first-order valence-electron chi connectivity index (χ1n) is 8.35. The van der Waals surface area contributed by atoms with Crippen molar-refractivity contribution >= 4 is 16.1 Å². The van der Waals surface area contributed by atoms with Crippen molar-refractivity contribution in [3.8, 4) is 0 Å². The fourth-order valence-electron chi connectivity index (χ4n) is 3.33. The van der Waals surface area contributed by atoms with Crippen molar-refractivity contribution in [3.63, 3.8) is 0 Å². The van der Waals surface area contributed by atoms with Crippen LogP contribution < -0.4 is 0 Å². The number of hydrogen-bond acceptors (Lipinski definition) is 6. The molecule has 4 rings (SSSR count). The van der Waals surface area contributed by atoms with E-state index in [-0.39, 0.29) is 24.1 Å². The van der Waals surface area contributed by atoms with Gasteiger partial charge in [-0.25, -0.2) is 4.79 Å². The van der Waals surface area contributed by atoms with Crippen LogP contribution >= 0.6 is 0 Å². The molecule has 6 nitrogen and oxygen atoms in total. The van der Waals surface area contributed by atoms with Gasteiger partial charge >= 0.3 is 5.97 Å². The van der Waals surface area contributed by atoms with Crippen molar-refractivity contribution in [2.24, 2.45) is 0 Å². The van der Waals surface area contributed by atoms with Gasteiger partial charge in [-0.15, -0.1) is 0 Å². The summed E-state index contributed by atoms with van der Waals surface area (Å²) >= 11 is 0. The fraction of sp³-hybridized carbons (Fsp3) is 0.316. The Bertz CT molecular complexity index is 962. The topological polar surface area (TPSA) is 78.9 Å². The van der Waals surface area contributed by atoms with Crippen molar-refractivity contribution in [1.29, 1.82) is 0 Å². The first kappa shape index (κ1) is 17.2. The minimum Gasteiger partial charge on any atom is -0.457 e. The van der Waals surface area contributed by atoms with Crippen LogP contribution in [-0.2, 0) is 36.8 Å².